The number of hydrogen-bond acceptors (Lipinski definition) is 7. The van der Waals surface area contributed by atoms with Crippen LogP contribution in [-0.4, -0.2) is 50.9 Å². The lowest BCUT2D eigenvalue weighted by atomic mass is 9.64. The smallest absolute Gasteiger partial charge is 0.306 e. The van der Waals surface area contributed by atoms with Crippen LogP contribution in [0.25, 0.3) is 0 Å². The first-order chi connectivity index (χ1) is 20.8. The van der Waals surface area contributed by atoms with E-state index in [1.54, 1.807) is 19.9 Å². The van der Waals surface area contributed by atoms with Gasteiger partial charge >= 0.3 is 5.97 Å². The van der Waals surface area contributed by atoms with Gasteiger partial charge in [0.15, 0.2) is 28.5 Å². The minimum absolute atomic E-state index is 0.0534. The number of aliphatic carboxylic acids is 1. The number of carboxylic acids is 1. The van der Waals surface area contributed by atoms with Crippen molar-refractivity contribution in [2.75, 3.05) is 0 Å². The summed E-state index contributed by atoms with van der Waals surface area (Å²) in [7, 11) is 0. The molecule has 0 aromatic carbocycles. The first kappa shape index (κ1) is 32.2. The third-order valence-corrected chi connectivity index (χ3v) is 12.0. The SMILES string of the molecule is CC=CC(=O)C1CC(C(=O)C2=C(C=CC)C(=O)C3(Cl)C4(CCCCCC)C(=O)NC(=O)C34C2=O)C2C(C)CC(C(=O)O)CC12. The van der Waals surface area contributed by atoms with Gasteiger partial charge < -0.3 is 5.11 Å². The van der Waals surface area contributed by atoms with E-state index in [1.165, 1.54) is 18.2 Å². The lowest BCUT2D eigenvalue weighted by molar-refractivity contribution is -0.145. The number of Topliss-reactive ketones (excluding diaryl/α,β-unsaturated/α-hetero) is 3. The summed E-state index contributed by atoms with van der Waals surface area (Å²) in [5.41, 5.74) is -4.63. The molecule has 236 valence electrons. The van der Waals surface area contributed by atoms with E-state index in [1.807, 2.05) is 13.8 Å². The van der Waals surface area contributed by atoms with Gasteiger partial charge in [0, 0.05) is 17.4 Å². The highest BCUT2D eigenvalue weighted by Gasteiger charge is 3.02. The van der Waals surface area contributed by atoms with Gasteiger partial charge in [-0.1, -0.05) is 57.8 Å². The lowest BCUT2D eigenvalue weighted by Gasteiger charge is -2.39. The van der Waals surface area contributed by atoms with E-state index < -0.39 is 86.0 Å². The van der Waals surface area contributed by atoms with Crippen LogP contribution >= 0.6 is 11.6 Å². The van der Waals surface area contributed by atoms with Crippen molar-refractivity contribution in [2.24, 2.45) is 46.3 Å². The maximum Gasteiger partial charge on any atom is 0.306 e. The summed E-state index contributed by atoms with van der Waals surface area (Å²) in [4.78, 5) is 93.6. The van der Waals surface area contributed by atoms with Gasteiger partial charge in [0.2, 0.25) is 11.8 Å². The number of carboxylic acid groups (broad SMARTS) is 1. The number of nitrogens with one attached hydrogen (secondary N) is 1. The number of carbonyl (C=O) groups excluding carboxylic acids is 6. The van der Waals surface area contributed by atoms with Gasteiger partial charge in [0.25, 0.3) is 0 Å². The number of halogens is 1. The number of rotatable bonds is 11. The van der Waals surface area contributed by atoms with Crippen molar-refractivity contribution in [3.8, 4) is 0 Å². The molecule has 1 aliphatic heterocycles. The van der Waals surface area contributed by atoms with Gasteiger partial charge in [-0.3, -0.25) is 38.9 Å². The largest absolute Gasteiger partial charge is 0.481 e. The lowest BCUT2D eigenvalue weighted by Crippen LogP contribution is -2.50. The average Bonchev–Trinajstić information content (AvgIpc) is 3.16. The van der Waals surface area contributed by atoms with Crippen LogP contribution in [0.2, 0.25) is 0 Å². The van der Waals surface area contributed by atoms with Crippen LogP contribution in [0.15, 0.2) is 35.5 Å². The molecule has 5 rings (SSSR count). The molecule has 1 heterocycles. The van der Waals surface area contributed by atoms with Crippen molar-refractivity contribution in [1.29, 1.82) is 0 Å². The summed E-state index contributed by atoms with van der Waals surface area (Å²) in [6.45, 7) is 7.20. The Hall–Kier alpha value is -3.20. The molecule has 1 saturated heterocycles. The Bertz CT molecular complexity index is 1460. The molecule has 3 saturated carbocycles. The van der Waals surface area contributed by atoms with E-state index >= 15 is 0 Å². The van der Waals surface area contributed by atoms with E-state index in [2.05, 4.69) is 5.32 Å². The second kappa shape index (κ2) is 11.3. The molecule has 0 aromatic heterocycles. The number of unbranched alkanes of at least 4 members (excludes halogenated alkanes) is 3. The minimum atomic E-state index is -2.21. The van der Waals surface area contributed by atoms with Gasteiger partial charge in [-0.25, -0.2) is 0 Å². The van der Waals surface area contributed by atoms with Crippen molar-refractivity contribution in [2.45, 2.75) is 83.9 Å². The number of imide groups is 1. The van der Waals surface area contributed by atoms with Gasteiger partial charge in [-0.05, 0) is 63.4 Å². The van der Waals surface area contributed by atoms with Crippen molar-refractivity contribution in [3.05, 3.63) is 35.5 Å². The second-order valence-electron chi connectivity index (χ2n) is 13.3. The van der Waals surface area contributed by atoms with Crippen LogP contribution in [-0.2, 0) is 33.6 Å². The molecule has 0 radical (unpaired) electrons. The standard InChI is InChI=1S/C34H40ClNO8/c1-5-8-9-10-13-32-30(43)36-31(44)33(32)28(40)25(19(11-6-2)27(39)34(32,33)35)26(38)22-16-20(23(37)12-7-3)21-15-18(29(41)42)14-17(4)24(21)22/h6-7,11-12,17-18,20-22,24H,5,8-10,13-16H2,1-4H3,(H,41,42)(H,36,43,44). The van der Waals surface area contributed by atoms with E-state index in [9.17, 15) is 38.7 Å². The van der Waals surface area contributed by atoms with Crippen LogP contribution in [0, 0.1) is 46.3 Å². The number of alkyl halides is 1. The zero-order valence-electron chi connectivity index (χ0n) is 25.6. The Labute approximate surface area is 261 Å². The summed E-state index contributed by atoms with van der Waals surface area (Å²) in [6, 6.07) is 0. The summed E-state index contributed by atoms with van der Waals surface area (Å²) in [6.07, 6.45) is 9.53. The highest BCUT2D eigenvalue weighted by atomic mass is 35.5. The summed E-state index contributed by atoms with van der Waals surface area (Å²) < 4.78 is 0. The molecular weight excluding hydrogens is 586 g/mol. The highest BCUT2D eigenvalue weighted by molar-refractivity contribution is 6.58. The average molecular weight is 626 g/mol. The number of hydrogen-bond donors (Lipinski definition) is 2. The molecule has 9 nitrogen and oxygen atoms in total. The van der Waals surface area contributed by atoms with Crippen molar-refractivity contribution in [1.82, 2.24) is 5.32 Å². The van der Waals surface area contributed by atoms with Crippen molar-refractivity contribution < 1.29 is 38.7 Å². The quantitative estimate of drug-likeness (QED) is 0.0860. The molecule has 10 heteroatoms. The minimum Gasteiger partial charge on any atom is -0.481 e. The summed E-state index contributed by atoms with van der Waals surface area (Å²) >= 11 is 7.01. The number of allylic oxidation sites excluding steroid dienone is 6. The fourth-order valence-corrected chi connectivity index (χ4v) is 10.2. The van der Waals surface area contributed by atoms with Gasteiger partial charge in [-0.15, -0.1) is 11.6 Å². The Balaban J connectivity index is 1.60. The van der Waals surface area contributed by atoms with Crippen LogP contribution in [0.5, 0.6) is 0 Å². The molecule has 1 spiro atoms. The van der Waals surface area contributed by atoms with Crippen LogP contribution in [0.4, 0.5) is 0 Å². The van der Waals surface area contributed by atoms with E-state index in [4.69, 9.17) is 11.6 Å². The maximum absolute atomic E-state index is 14.7. The van der Waals surface area contributed by atoms with Gasteiger partial charge in [0.05, 0.1) is 11.5 Å². The molecular formula is C34H40ClNO8. The second-order valence-corrected chi connectivity index (χ2v) is 13.9. The van der Waals surface area contributed by atoms with Crippen molar-refractivity contribution >= 4 is 52.5 Å². The Morgan fingerprint density at radius 1 is 0.955 bits per heavy atom. The van der Waals surface area contributed by atoms with E-state index in [-0.39, 0.29) is 36.5 Å². The highest BCUT2D eigenvalue weighted by Crippen LogP contribution is 2.83. The number of fused-ring (bicyclic) bond motifs is 2. The number of carbonyl (C=O) groups is 7. The predicted octanol–water partition coefficient (Wildman–Crippen LogP) is 4.32. The molecule has 44 heavy (non-hydrogen) atoms. The van der Waals surface area contributed by atoms with Crippen LogP contribution in [0.1, 0.15) is 79.1 Å². The Morgan fingerprint density at radius 3 is 2.27 bits per heavy atom. The third-order valence-electron chi connectivity index (χ3n) is 11.3. The van der Waals surface area contributed by atoms with E-state index in [0.717, 1.165) is 12.8 Å². The third kappa shape index (κ3) is 3.93. The molecule has 0 aromatic rings. The van der Waals surface area contributed by atoms with E-state index in [0.29, 0.717) is 19.3 Å². The van der Waals surface area contributed by atoms with Crippen LogP contribution < -0.4 is 5.32 Å². The Morgan fingerprint density at radius 2 is 1.66 bits per heavy atom. The zero-order valence-corrected chi connectivity index (χ0v) is 26.4. The topological polar surface area (TPSA) is 152 Å². The number of piperidine rings is 1. The molecule has 2 amide bonds. The number of ketones is 4. The maximum atomic E-state index is 14.7. The normalized spacial score (nSPS) is 39.5. The fourth-order valence-electron chi connectivity index (χ4n) is 9.48. The first-order valence-corrected chi connectivity index (χ1v) is 16.2. The molecule has 4 aliphatic carbocycles. The molecule has 0 bridgehead atoms. The predicted molar refractivity (Wildman–Crippen MR) is 160 cm³/mol. The van der Waals surface area contributed by atoms with Gasteiger partial charge in [0.1, 0.15) is 10.3 Å². The monoisotopic (exact) mass is 625 g/mol. The molecule has 5 aliphatic rings. The molecule has 9 atom stereocenters. The van der Waals surface area contributed by atoms with Gasteiger partial charge in [-0.2, -0.15) is 0 Å². The Kier molecular flexibility index (Phi) is 8.27. The number of amides is 2. The summed E-state index contributed by atoms with van der Waals surface area (Å²) in [5, 5.41) is 12.1. The zero-order chi connectivity index (χ0) is 32.4. The molecule has 4 fully saturated rings. The molecule has 9 unspecified atom stereocenters. The fraction of sp³-hybridized carbons (Fsp3) is 0.618. The van der Waals surface area contributed by atoms with Crippen LogP contribution in [0.3, 0.4) is 0 Å². The summed E-state index contributed by atoms with van der Waals surface area (Å²) in [5.74, 6) is -8.42. The van der Waals surface area contributed by atoms with Crippen molar-refractivity contribution in [3.63, 3.8) is 0 Å². The first-order valence-electron chi connectivity index (χ1n) is 15.8. The molecule has 2 N–H and O–H groups in total.